The summed E-state index contributed by atoms with van der Waals surface area (Å²) in [4.78, 5) is 23.2. The molecular weight excluding hydrogens is 280 g/mol. The molecule has 0 saturated carbocycles. The van der Waals surface area contributed by atoms with Crippen molar-refractivity contribution in [1.82, 2.24) is 0 Å². The molecule has 0 radical (unpaired) electrons. The van der Waals surface area contributed by atoms with E-state index in [4.69, 9.17) is 18.9 Å². The van der Waals surface area contributed by atoms with Crippen LogP contribution in [0.1, 0.15) is 11.7 Å². The highest BCUT2D eigenvalue weighted by atomic mass is 16.7. The van der Waals surface area contributed by atoms with Crippen LogP contribution in [-0.4, -0.2) is 37.6 Å². The molecule has 0 unspecified atom stereocenters. The molecule has 2 heterocycles. The molecule has 1 saturated heterocycles. The van der Waals surface area contributed by atoms with Gasteiger partial charge in [-0.3, -0.25) is 9.59 Å². The lowest BCUT2D eigenvalue weighted by atomic mass is 9.87. The Morgan fingerprint density at radius 1 is 1.29 bits per heavy atom. The molecule has 112 valence electrons. The lowest BCUT2D eigenvalue weighted by Crippen LogP contribution is -2.30. The van der Waals surface area contributed by atoms with Crippen molar-refractivity contribution in [3.63, 3.8) is 0 Å². The lowest BCUT2D eigenvalue weighted by Gasteiger charge is -2.19. The van der Waals surface area contributed by atoms with Crippen molar-refractivity contribution >= 4 is 11.9 Å². The van der Waals surface area contributed by atoms with Crippen molar-refractivity contribution in [2.75, 3.05) is 20.5 Å². The Morgan fingerprint density at radius 2 is 2.05 bits per heavy atom. The van der Waals surface area contributed by atoms with Gasteiger partial charge < -0.3 is 24.1 Å². The zero-order valence-electron chi connectivity index (χ0n) is 11.3. The first-order valence-electron chi connectivity index (χ1n) is 6.43. The van der Waals surface area contributed by atoms with Gasteiger partial charge in [0, 0.05) is 0 Å². The van der Waals surface area contributed by atoms with E-state index in [0.29, 0.717) is 17.1 Å². The second kappa shape index (κ2) is 5.25. The Hall–Kier alpha value is -2.28. The molecule has 7 nitrogen and oxygen atoms in total. The minimum atomic E-state index is -1.08. The molecule has 1 fully saturated rings. The summed E-state index contributed by atoms with van der Waals surface area (Å²) in [6, 6.07) is 5.15. The van der Waals surface area contributed by atoms with Crippen LogP contribution in [0.15, 0.2) is 18.2 Å². The number of carboxylic acids is 1. The molecule has 1 aromatic carbocycles. The summed E-state index contributed by atoms with van der Waals surface area (Å²) in [6.07, 6.45) is -0.673. The maximum absolute atomic E-state index is 11.9. The minimum Gasteiger partial charge on any atom is -0.481 e. The highest BCUT2D eigenvalue weighted by Crippen LogP contribution is 2.42. The third kappa shape index (κ3) is 2.29. The summed E-state index contributed by atoms with van der Waals surface area (Å²) < 4.78 is 20.8. The maximum atomic E-state index is 11.9. The summed E-state index contributed by atoms with van der Waals surface area (Å²) in [7, 11) is 1.23. The van der Waals surface area contributed by atoms with E-state index < -0.39 is 29.9 Å². The van der Waals surface area contributed by atoms with Crippen LogP contribution in [0.4, 0.5) is 0 Å². The van der Waals surface area contributed by atoms with E-state index in [1.54, 1.807) is 18.2 Å². The standard InChI is InChI=1S/C14H14O7/c1-18-14(17)11-8(13(15)16)5-19-12(11)7-2-3-9-10(4-7)21-6-20-9/h2-4,8,11-12H,5-6H2,1H3,(H,15,16)/t8-,11-,12-/m0/s1. The number of carbonyl (C=O) groups excluding carboxylic acids is 1. The number of carboxylic acid groups (broad SMARTS) is 1. The third-order valence-corrected chi connectivity index (χ3v) is 3.73. The number of ether oxygens (including phenoxy) is 4. The van der Waals surface area contributed by atoms with Crippen LogP contribution in [0.3, 0.4) is 0 Å². The fraction of sp³-hybridized carbons (Fsp3) is 0.429. The number of hydrogen-bond donors (Lipinski definition) is 1. The van der Waals surface area contributed by atoms with Gasteiger partial charge in [-0.15, -0.1) is 0 Å². The topological polar surface area (TPSA) is 91.3 Å². The number of methoxy groups -OCH3 is 1. The first-order valence-corrected chi connectivity index (χ1v) is 6.43. The SMILES string of the molecule is COC(=O)[C@H]1[C@@H](C(=O)O)CO[C@H]1c1ccc2c(c1)OCO2. The van der Waals surface area contributed by atoms with Crippen molar-refractivity contribution in [1.29, 1.82) is 0 Å². The van der Waals surface area contributed by atoms with Gasteiger partial charge in [0.2, 0.25) is 6.79 Å². The fourth-order valence-electron chi connectivity index (χ4n) is 2.67. The summed E-state index contributed by atoms with van der Waals surface area (Å²) in [5.74, 6) is -2.31. The second-order valence-corrected chi connectivity index (χ2v) is 4.86. The van der Waals surface area contributed by atoms with Crippen LogP contribution in [0.2, 0.25) is 0 Å². The largest absolute Gasteiger partial charge is 0.481 e. The van der Waals surface area contributed by atoms with Gasteiger partial charge in [-0.2, -0.15) is 0 Å². The van der Waals surface area contributed by atoms with Gasteiger partial charge in [0.05, 0.1) is 25.7 Å². The molecule has 3 rings (SSSR count). The van der Waals surface area contributed by atoms with E-state index in [9.17, 15) is 14.7 Å². The normalized spacial score (nSPS) is 26.6. The number of esters is 1. The molecule has 1 N–H and O–H groups in total. The van der Waals surface area contributed by atoms with Crippen LogP contribution < -0.4 is 9.47 Å². The molecule has 3 atom stereocenters. The molecule has 7 heteroatoms. The van der Waals surface area contributed by atoms with Crippen molar-refractivity contribution < 1.29 is 33.6 Å². The molecule has 1 aromatic rings. The van der Waals surface area contributed by atoms with Gasteiger partial charge in [0.25, 0.3) is 0 Å². The number of benzene rings is 1. The van der Waals surface area contributed by atoms with Gasteiger partial charge in [-0.05, 0) is 17.7 Å². The van der Waals surface area contributed by atoms with Crippen molar-refractivity contribution in [2.24, 2.45) is 11.8 Å². The number of carbonyl (C=O) groups is 2. The van der Waals surface area contributed by atoms with Crippen LogP contribution in [0.5, 0.6) is 11.5 Å². The third-order valence-electron chi connectivity index (χ3n) is 3.73. The van der Waals surface area contributed by atoms with E-state index in [1.807, 2.05) is 0 Å². The smallest absolute Gasteiger partial charge is 0.312 e. The Kier molecular flexibility index (Phi) is 3.42. The van der Waals surface area contributed by atoms with E-state index >= 15 is 0 Å². The second-order valence-electron chi connectivity index (χ2n) is 4.86. The Morgan fingerprint density at radius 3 is 2.76 bits per heavy atom. The van der Waals surface area contributed by atoms with E-state index in [1.165, 1.54) is 7.11 Å². The number of rotatable bonds is 3. The van der Waals surface area contributed by atoms with Gasteiger partial charge in [-0.1, -0.05) is 6.07 Å². The maximum Gasteiger partial charge on any atom is 0.312 e. The van der Waals surface area contributed by atoms with Crippen molar-refractivity contribution in [3.05, 3.63) is 23.8 Å². The highest BCUT2D eigenvalue weighted by molar-refractivity contribution is 5.82. The van der Waals surface area contributed by atoms with Gasteiger partial charge in [-0.25, -0.2) is 0 Å². The predicted molar refractivity (Wildman–Crippen MR) is 67.9 cm³/mol. The predicted octanol–water partition coefficient (Wildman–Crippen LogP) is 0.977. The van der Waals surface area contributed by atoms with Gasteiger partial charge >= 0.3 is 11.9 Å². The van der Waals surface area contributed by atoms with Crippen LogP contribution in [0, 0.1) is 11.8 Å². The van der Waals surface area contributed by atoms with Gasteiger partial charge in [0.15, 0.2) is 11.5 Å². The summed E-state index contributed by atoms with van der Waals surface area (Å²) in [6.45, 7) is 0.108. The molecule has 21 heavy (non-hydrogen) atoms. The lowest BCUT2D eigenvalue weighted by molar-refractivity contribution is -0.154. The molecular formula is C14H14O7. The van der Waals surface area contributed by atoms with Crippen LogP contribution >= 0.6 is 0 Å². The number of fused-ring (bicyclic) bond motifs is 1. The zero-order valence-corrected chi connectivity index (χ0v) is 11.3. The minimum absolute atomic E-state index is 0.0335. The van der Waals surface area contributed by atoms with Crippen LogP contribution in [0.25, 0.3) is 0 Å². The number of aliphatic carboxylic acids is 1. The van der Waals surface area contributed by atoms with E-state index in [0.717, 1.165) is 0 Å². The Bertz CT molecular complexity index is 583. The summed E-state index contributed by atoms with van der Waals surface area (Å²) in [5, 5.41) is 9.22. The first-order chi connectivity index (χ1) is 10.1. The quantitative estimate of drug-likeness (QED) is 0.831. The Balaban J connectivity index is 1.93. The molecule has 0 amide bonds. The van der Waals surface area contributed by atoms with E-state index in [2.05, 4.69) is 0 Å². The summed E-state index contributed by atoms with van der Waals surface area (Å²) >= 11 is 0. The Labute approximate surface area is 120 Å². The molecule has 0 spiro atoms. The zero-order chi connectivity index (χ0) is 15.0. The average molecular weight is 294 g/mol. The molecule has 2 aliphatic heterocycles. The molecule has 0 bridgehead atoms. The molecule has 2 aliphatic rings. The number of hydrogen-bond acceptors (Lipinski definition) is 6. The average Bonchev–Trinajstić information content (AvgIpc) is 3.11. The highest BCUT2D eigenvalue weighted by Gasteiger charge is 2.47. The fourth-order valence-corrected chi connectivity index (χ4v) is 2.67. The van der Waals surface area contributed by atoms with Crippen molar-refractivity contribution in [3.8, 4) is 11.5 Å². The van der Waals surface area contributed by atoms with Crippen LogP contribution in [-0.2, 0) is 19.1 Å². The van der Waals surface area contributed by atoms with Gasteiger partial charge in [0.1, 0.15) is 5.92 Å². The van der Waals surface area contributed by atoms with E-state index in [-0.39, 0.29) is 13.4 Å². The molecule has 0 aromatic heterocycles. The summed E-state index contributed by atoms with van der Waals surface area (Å²) in [5.41, 5.74) is 0.665. The van der Waals surface area contributed by atoms with Crippen molar-refractivity contribution in [2.45, 2.75) is 6.10 Å². The molecule has 0 aliphatic carbocycles. The monoisotopic (exact) mass is 294 g/mol. The first kappa shape index (κ1) is 13.7.